The van der Waals surface area contributed by atoms with E-state index in [1.54, 1.807) is 0 Å². The van der Waals surface area contributed by atoms with Gasteiger partial charge in [0.05, 0.1) is 11.2 Å². The zero-order valence-electron chi connectivity index (χ0n) is 14.2. The Balaban J connectivity index is 1.90. The van der Waals surface area contributed by atoms with Crippen molar-refractivity contribution in [1.29, 1.82) is 0 Å². The molecule has 116 valence electrons. The fraction of sp³-hybridized carbons (Fsp3) is 0.190. The molecule has 2 heteroatoms. The van der Waals surface area contributed by atoms with Gasteiger partial charge in [0.2, 0.25) is 0 Å². The highest BCUT2D eigenvalue weighted by Gasteiger charge is 2.01. The Bertz CT molecular complexity index is 859. The van der Waals surface area contributed by atoms with Crippen molar-refractivity contribution in [1.82, 2.24) is 4.98 Å². The fourth-order valence-electron chi connectivity index (χ4n) is 2.68. The van der Waals surface area contributed by atoms with Crippen molar-refractivity contribution in [3.63, 3.8) is 0 Å². The van der Waals surface area contributed by atoms with Crippen LogP contribution in [0.5, 0.6) is 0 Å². The smallest absolute Gasteiger partial charge is 0.0712 e. The van der Waals surface area contributed by atoms with Gasteiger partial charge in [-0.1, -0.05) is 29.8 Å². The molecular weight excluding hydrogens is 280 g/mol. The van der Waals surface area contributed by atoms with Crippen LogP contribution in [-0.4, -0.2) is 19.1 Å². The third-order valence-electron chi connectivity index (χ3n) is 4.05. The zero-order chi connectivity index (χ0) is 16.4. The second-order valence-electron chi connectivity index (χ2n) is 6.20. The van der Waals surface area contributed by atoms with Crippen molar-refractivity contribution < 1.29 is 0 Å². The summed E-state index contributed by atoms with van der Waals surface area (Å²) in [6.07, 6.45) is 4.19. The van der Waals surface area contributed by atoms with E-state index in [2.05, 4.69) is 79.4 Å². The maximum Gasteiger partial charge on any atom is 0.0712 e. The highest BCUT2D eigenvalue weighted by atomic mass is 15.1. The predicted molar refractivity (Wildman–Crippen MR) is 101 cm³/mol. The van der Waals surface area contributed by atoms with Crippen LogP contribution in [0.2, 0.25) is 0 Å². The summed E-state index contributed by atoms with van der Waals surface area (Å²) in [5.41, 5.74) is 6.97. The highest BCUT2D eigenvalue weighted by molar-refractivity contribution is 5.84. The second-order valence-corrected chi connectivity index (χ2v) is 6.20. The van der Waals surface area contributed by atoms with Gasteiger partial charge < -0.3 is 4.90 Å². The van der Waals surface area contributed by atoms with Crippen molar-refractivity contribution in [2.75, 3.05) is 19.0 Å². The van der Waals surface area contributed by atoms with E-state index in [4.69, 9.17) is 4.98 Å². The maximum absolute atomic E-state index is 4.74. The molecule has 2 nitrogen and oxygen atoms in total. The number of aromatic nitrogens is 1. The molecule has 0 atom stereocenters. The van der Waals surface area contributed by atoms with Crippen molar-refractivity contribution in [3.8, 4) is 0 Å². The Morgan fingerprint density at radius 2 is 1.61 bits per heavy atom. The maximum atomic E-state index is 4.74. The normalized spacial score (nSPS) is 11.3. The third-order valence-corrected chi connectivity index (χ3v) is 4.05. The van der Waals surface area contributed by atoms with Gasteiger partial charge >= 0.3 is 0 Å². The standard InChI is InChI=1S/C21H22N2/c1-15-5-12-21-20(13-15)16(2)14-18(22-21)9-6-17-7-10-19(11-8-17)23(3)4/h5-14H,1-4H3. The first-order valence-corrected chi connectivity index (χ1v) is 7.86. The first kappa shape index (κ1) is 15.3. The fourth-order valence-corrected chi connectivity index (χ4v) is 2.68. The lowest BCUT2D eigenvalue weighted by Gasteiger charge is -2.11. The Labute approximate surface area is 138 Å². The third kappa shape index (κ3) is 3.42. The molecule has 0 aliphatic carbocycles. The lowest BCUT2D eigenvalue weighted by atomic mass is 10.1. The Hall–Kier alpha value is -2.61. The molecule has 0 N–H and O–H groups in total. The lowest BCUT2D eigenvalue weighted by Crippen LogP contribution is -2.07. The minimum Gasteiger partial charge on any atom is -0.378 e. The van der Waals surface area contributed by atoms with E-state index < -0.39 is 0 Å². The molecule has 0 radical (unpaired) electrons. The first-order valence-electron chi connectivity index (χ1n) is 7.86. The van der Waals surface area contributed by atoms with Crippen molar-refractivity contribution in [2.45, 2.75) is 13.8 Å². The van der Waals surface area contributed by atoms with E-state index in [1.165, 1.54) is 27.8 Å². The van der Waals surface area contributed by atoms with Crippen LogP contribution in [0.25, 0.3) is 23.1 Å². The average molecular weight is 302 g/mol. The number of pyridine rings is 1. The van der Waals surface area contributed by atoms with E-state index in [1.807, 2.05) is 14.1 Å². The molecule has 0 fully saturated rings. The molecule has 3 rings (SSSR count). The van der Waals surface area contributed by atoms with Crippen molar-refractivity contribution in [3.05, 3.63) is 70.9 Å². The predicted octanol–water partition coefficient (Wildman–Crippen LogP) is 5.09. The van der Waals surface area contributed by atoms with Crippen molar-refractivity contribution >= 4 is 28.7 Å². The van der Waals surface area contributed by atoms with E-state index in [0.29, 0.717) is 0 Å². The van der Waals surface area contributed by atoms with Gasteiger partial charge in [0.25, 0.3) is 0 Å². The lowest BCUT2D eigenvalue weighted by molar-refractivity contribution is 1.13. The number of rotatable bonds is 3. The van der Waals surface area contributed by atoms with Gasteiger partial charge in [-0.3, -0.25) is 0 Å². The van der Waals surface area contributed by atoms with E-state index in [0.717, 1.165) is 11.2 Å². The molecule has 0 saturated heterocycles. The number of nitrogens with zero attached hydrogens (tertiary/aromatic N) is 2. The Morgan fingerprint density at radius 1 is 0.870 bits per heavy atom. The van der Waals surface area contributed by atoms with E-state index in [-0.39, 0.29) is 0 Å². The molecule has 0 spiro atoms. The first-order chi connectivity index (χ1) is 11.0. The SMILES string of the molecule is Cc1ccc2nc(C=Cc3ccc(N(C)C)cc3)cc(C)c2c1. The monoisotopic (exact) mass is 302 g/mol. The number of hydrogen-bond acceptors (Lipinski definition) is 2. The second kappa shape index (κ2) is 6.25. The molecule has 3 aromatic rings. The molecule has 0 unspecified atom stereocenters. The molecule has 0 aliphatic rings. The topological polar surface area (TPSA) is 16.1 Å². The number of anilines is 1. The van der Waals surface area contributed by atoms with Gasteiger partial charge in [-0.2, -0.15) is 0 Å². The highest BCUT2D eigenvalue weighted by Crippen LogP contribution is 2.20. The summed E-state index contributed by atoms with van der Waals surface area (Å²) in [5, 5.41) is 1.23. The largest absolute Gasteiger partial charge is 0.378 e. The number of benzene rings is 2. The summed E-state index contributed by atoms with van der Waals surface area (Å²) in [4.78, 5) is 6.84. The molecule has 0 saturated carbocycles. The van der Waals surface area contributed by atoms with E-state index in [9.17, 15) is 0 Å². The number of aryl methyl sites for hydroxylation is 2. The summed E-state index contributed by atoms with van der Waals surface area (Å²) in [7, 11) is 4.10. The molecule has 2 aromatic carbocycles. The van der Waals surface area contributed by atoms with Crippen molar-refractivity contribution in [2.24, 2.45) is 0 Å². The molecule has 23 heavy (non-hydrogen) atoms. The van der Waals surface area contributed by atoms with Gasteiger partial charge in [0.15, 0.2) is 0 Å². The molecule has 0 amide bonds. The number of fused-ring (bicyclic) bond motifs is 1. The molecule has 0 bridgehead atoms. The van der Waals surface area contributed by atoms with Crippen LogP contribution in [0.15, 0.2) is 48.5 Å². The summed E-state index contributed by atoms with van der Waals surface area (Å²) < 4.78 is 0. The van der Waals surface area contributed by atoms with Crippen LogP contribution in [0.4, 0.5) is 5.69 Å². The molecule has 1 heterocycles. The molecular formula is C21H22N2. The van der Waals surface area contributed by atoms with Gasteiger partial charge in [0, 0.05) is 25.2 Å². The minimum atomic E-state index is 0.996. The summed E-state index contributed by atoms with van der Waals surface area (Å²) in [6.45, 7) is 4.26. The van der Waals surface area contributed by atoms with E-state index >= 15 is 0 Å². The molecule has 1 aromatic heterocycles. The van der Waals surface area contributed by atoms with Gasteiger partial charge in [-0.25, -0.2) is 4.98 Å². The van der Waals surface area contributed by atoms with Crippen LogP contribution in [0.3, 0.4) is 0 Å². The average Bonchev–Trinajstić information content (AvgIpc) is 2.54. The molecule has 0 aliphatic heterocycles. The van der Waals surface area contributed by atoms with Gasteiger partial charge in [-0.15, -0.1) is 0 Å². The van der Waals surface area contributed by atoms with Gasteiger partial charge in [0.1, 0.15) is 0 Å². The summed E-state index contributed by atoms with van der Waals surface area (Å²) in [5.74, 6) is 0. The van der Waals surface area contributed by atoms with Crippen LogP contribution in [-0.2, 0) is 0 Å². The Kier molecular flexibility index (Phi) is 4.16. The zero-order valence-corrected chi connectivity index (χ0v) is 14.2. The van der Waals surface area contributed by atoms with Crippen LogP contribution in [0, 0.1) is 13.8 Å². The van der Waals surface area contributed by atoms with Crippen LogP contribution in [0.1, 0.15) is 22.4 Å². The summed E-state index contributed by atoms with van der Waals surface area (Å²) in [6, 6.07) is 17.1. The number of hydrogen-bond donors (Lipinski definition) is 0. The van der Waals surface area contributed by atoms with Crippen LogP contribution < -0.4 is 4.90 Å². The quantitative estimate of drug-likeness (QED) is 0.670. The van der Waals surface area contributed by atoms with Crippen LogP contribution >= 0.6 is 0 Å². The minimum absolute atomic E-state index is 0.996. The van der Waals surface area contributed by atoms with Gasteiger partial charge in [-0.05, 0) is 61.4 Å². The Morgan fingerprint density at radius 3 is 2.30 bits per heavy atom. The summed E-state index contributed by atoms with van der Waals surface area (Å²) >= 11 is 0.